The van der Waals surface area contributed by atoms with E-state index in [1.807, 2.05) is 24.3 Å². The number of carboxylic acid groups (broad SMARTS) is 1. The quantitative estimate of drug-likeness (QED) is 0.379. The minimum absolute atomic E-state index is 0.0418. The van der Waals surface area contributed by atoms with Crippen LogP contribution in [0.25, 0.3) is 11.1 Å². The summed E-state index contributed by atoms with van der Waals surface area (Å²) in [5, 5.41) is 14.5. The van der Waals surface area contributed by atoms with Gasteiger partial charge in [0.05, 0.1) is 0 Å². The number of fused-ring (bicyclic) bond motifs is 3. The average molecular weight is 479 g/mol. The lowest BCUT2D eigenvalue weighted by molar-refractivity contribution is -0.137. The van der Waals surface area contributed by atoms with E-state index in [-0.39, 0.29) is 30.2 Å². The van der Waals surface area contributed by atoms with E-state index in [0.29, 0.717) is 26.0 Å². The van der Waals surface area contributed by atoms with E-state index in [2.05, 4.69) is 34.9 Å². The van der Waals surface area contributed by atoms with Gasteiger partial charge in [-0.1, -0.05) is 61.4 Å². The fourth-order valence-corrected chi connectivity index (χ4v) is 5.14. The molecule has 0 saturated heterocycles. The van der Waals surface area contributed by atoms with Gasteiger partial charge in [0.15, 0.2) is 0 Å². The van der Waals surface area contributed by atoms with Gasteiger partial charge in [-0.2, -0.15) is 0 Å². The number of aliphatic carboxylic acids is 1. The lowest BCUT2D eigenvalue weighted by Crippen LogP contribution is -2.46. The minimum atomic E-state index is -0.759. The zero-order valence-corrected chi connectivity index (χ0v) is 20.0. The van der Waals surface area contributed by atoms with Crippen molar-refractivity contribution < 1.29 is 24.2 Å². The van der Waals surface area contributed by atoms with Gasteiger partial charge < -0.3 is 20.5 Å². The SMILES string of the molecule is O=C(O)CCCCCCNC(=O)CC1CC(NC(=O)OCC2c3ccccc3-c3ccccc32)C1. The molecule has 2 aliphatic carbocycles. The molecule has 0 aliphatic heterocycles. The Balaban J connectivity index is 1.10. The second kappa shape index (κ2) is 11.9. The molecule has 2 amide bonds. The number of hydrogen-bond acceptors (Lipinski definition) is 4. The molecule has 0 bridgehead atoms. The number of benzene rings is 2. The molecule has 7 nitrogen and oxygen atoms in total. The zero-order valence-electron chi connectivity index (χ0n) is 20.0. The molecule has 0 aromatic heterocycles. The third-order valence-corrected chi connectivity index (χ3v) is 7.02. The summed E-state index contributed by atoms with van der Waals surface area (Å²) >= 11 is 0. The largest absolute Gasteiger partial charge is 0.481 e. The molecule has 35 heavy (non-hydrogen) atoms. The molecule has 0 spiro atoms. The summed E-state index contributed by atoms with van der Waals surface area (Å²) in [5.41, 5.74) is 4.79. The highest BCUT2D eigenvalue weighted by molar-refractivity contribution is 5.79. The maximum atomic E-state index is 12.4. The number of carboxylic acids is 1. The van der Waals surface area contributed by atoms with Crippen LogP contribution in [-0.2, 0) is 14.3 Å². The van der Waals surface area contributed by atoms with Crippen LogP contribution in [0, 0.1) is 5.92 Å². The monoisotopic (exact) mass is 478 g/mol. The molecule has 186 valence electrons. The lowest BCUT2D eigenvalue weighted by Gasteiger charge is -2.35. The van der Waals surface area contributed by atoms with Gasteiger partial charge in [0, 0.05) is 31.3 Å². The first-order valence-electron chi connectivity index (χ1n) is 12.6. The van der Waals surface area contributed by atoms with Crippen molar-refractivity contribution in [1.29, 1.82) is 0 Å². The second-order valence-corrected chi connectivity index (χ2v) is 9.62. The summed E-state index contributed by atoms with van der Waals surface area (Å²) in [6.07, 6.45) is 5.19. The Morgan fingerprint density at radius 1 is 0.886 bits per heavy atom. The van der Waals surface area contributed by atoms with E-state index in [0.717, 1.165) is 32.1 Å². The van der Waals surface area contributed by atoms with Crippen molar-refractivity contribution in [3.63, 3.8) is 0 Å². The molecule has 0 unspecified atom stereocenters. The highest BCUT2D eigenvalue weighted by atomic mass is 16.5. The Morgan fingerprint density at radius 3 is 2.17 bits per heavy atom. The fraction of sp³-hybridized carbons (Fsp3) is 0.464. The average Bonchev–Trinajstić information content (AvgIpc) is 3.14. The molecule has 2 aromatic carbocycles. The molecule has 2 aliphatic rings. The second-order valence-electron chi connectivity index (χ2n) is 9.62. The number of carbonyl (C=O) groups excluding carboxylic acids is 2. The van der Waals surface area contributed by atoms with Gasteiger partial charge >= 0.3 is 12.1 Å². The molecule has 0 heterocycles. The molecule has 0 atom stereocenters. The number of unbranched alkanes of at least 4 members (excludes halogenated alkanes) is 3. The Bertz CT molecular complexity index is 1000. The molecular formula is C28H34N2O5. The predicted octanol–water partition coefficient (Wildman–Crippen LogP) is 4.85. The maximum absolute atomic E-state index is 12.4. The van der Waals surface area contributed by atoms with Gasteiger partial charge in [0.1, 0.15) is 6.61 Å². The molecule has 2 aromatic rings. The Kier molecular flexibility index (Phi) is 8.40. The zero-order chi connectivity index (χ0) is 24.6. The summed E-state index contributed by atoms with van der Waals surface area (Å²) in [4.78, 5) is 35.0. The number of carbonyl (C=O) groups is 3. The number of ether oxygens (including phenoxy) is 1. The van der Waals surface area contributed by atoms with Gasteiger partial charge in [-0.25, -0.2) is 4.79 Å². The maximum Gasteiger partial charge on any atom is 0.407 e. The highest BCUT2D eigenvalue weighted by Gasteiger charge is 2.33. The van der Waals surface area contributed by atoms with Gasteiger partial charge in [-0.3, -0.25) is 9.59 Å². The van der Waals surface area contributed by atoms with E-state index in [4.69, 9.17) is 9.84 Å². The van der Waals surface area contributed by atoms with Gasteiger partial charge in [-0.05, 0) is 53.9 Å². The van der Waals surface area contributed by atoms with Crippen molar-refractivity contribution in [3.8, 4) is 11.1 Å². The molecule has 0 radical (unpaired) electrons. The Morgan fingerprint density at radius 2 is 1.51 bits per heavy atom. The number of alkyl carbamates (subject to hydrolysis) is 1. The van der Waals surface area contributed by atoms with Crippen molar-refractivity contribution in [2.75, 3.05) is 13.2 Å². The van der Waals surface area contributed by atoms with Crippen molar-refractivity contribution in [1.82, 2.24) is 10.6 Å². The summed E-state index contributed by atoms with van der Waals surface area (Å²) in [6.45, 7) is 0.925. The van der Waals surface area contributed by atoms with Crippen LogP contribution in [0.4, 0.5) is 4.79 Å². The fourth-order valence-electron chi connectivity index (χ4n) is 5.14. The van der Waals surface area contributed by atoms with Crippen molar-refractivity contribution >= 4 is 18.0 Å². The lowest BCUT2D eigenvalue weighted by atomic mass is 9.78. The molecular weight excluding hydrogens is 444 g/mol. The predicted molar refractivity (Wildman–Crippen MR) is 133 cm³/mol. The summed E-state index contributed by atoms with van der Waals surface area (Å²) < 4.78 is 5.61. The van der Waals surface area contributed by atoms with Crippen molar-refractivity contribution in [2.45, 2.75) is 63.3 Å². The number of nitrogens with one attached hydrogen (secondary N) is 2. The van der Waals surface area contributed by atoms with Crippen LogP contribution in [0.2, 0.25) is 0 Å². The van der Waals surface area contributed by atoms with Crippen LogP contribution < -0.4 is 10.6 Å². The van der Waals surface area contributed by atoms with Gasteiger partial charge in [0.2, 0.25) is 5.91 Å². The molecule has 1 fully saturated rings. The van der Waals surface area contributed by atoms with Crippen molar-refractivity contribution in [3.05, 3.63) is 59.7 Å². The van der Waals surface area contributed by atoms with Gasteiger partial charge in [-0.15, -0.1) is 0 Å². The first kappa shape index (κ1) is 24.8. The molecule has 4 rings (SSSR count). The number of rotatable bonds is 12. The summed E-state index contributed by atoms with van der Waals surface area (Å²) in [5.74, 6) is -0.391. The molecule has 7 heteroatoms. The van der Waals surface area contributed by atoms with E-state index in [1.54, 1.807) is 0 Å². The van der Waals surface area contributed by atoms with Crippen LogP contribution in [0.3, 0.4) is 0 Å². The van der Waals surface area contributed by atoms with E-state index < -0.39 is 12.1 Å². The highest BCUT2D eigenvalue weighted by Crippen LogP contribution is 2.44. The van der Waals surface area contributed by atoms with Crippen LogP contribution >= 0.6 is 0 Å². The van der Waals surface area contributed by atoms with Crippen LogP contribution in [0.5, 0.6) is 0 Å². The third-order valence-electron chi connectivity index (χ3n) is 7.02. The number of hydrogen-bond donors (Lipinski definition) is 3. The summed E-state index contributed by atoms with van der Waals surface area (Å²) in [6, 6.07) is 16.6. The summed E-state index contributed by atoms with van der Waals surface area (Å²) in [7, 11) is 0. The minimum Gasteiger partial charge on any atom is -0.481 e. The first-order valence-corrected chi connectivity index (χ1v) is 12.6. The topological polar surface area (TPSA) is 105 Å². The Hall–Kier alpha value is -3.35. The molecule has 1 saturated carbocycles. The number of amides is 2. The van der Waals surface area contributed by atoms with Crippen LogP contribution in [-0.4, -0.2) is 42.3 Å². The van der Waals surface area contributed by atoms with E-state index >= 15 is 0 Å². The van der Waals surface area contributed by atoms with Crippen LogP contribution in [0.15, 0.2) is 48.5 Å². The third kappa shape index (κ3) is 6.62. The molecule has 3 N–H and O–H groups in total. The first-order chi connectivity index (χ1) is 17.0. The normalized spacial score (nSPS) is 18.2. The van der Waals surface area contributed by atoms with Crippen molar-refractivity contribution in [2.24, 2.45) is 5.92 Å². The Labute approximate surface area is 206 Å². The smallest absolute Gasteiger partial charge is 0.407 e. The van der Waals surface area contributed by atoms with Gasteiger partial charge in [0.25, 0.3) is 0 Å². The van der Waals surface area contributed by atoms with Crippen LogP contribution in [0.1, 0.15) is 68.4 Å². The standard InChI is InChI=1S/C28H34N2O5/c31-26(29-14-8-2-1-3-13-27(32)33)17-19-15-20(16-19)30-28(34)35-18-25-23-11-6-4-9-21(23)22-10-5-7-12-24(22)25/h4-7,9-12,19-20,25H,1-3,8,13-18H2,(H,29,31)(H,30,34)(H,32,33). The van der Waals surface area contributed by atoms with E-state index in [1.165, 1.54) is 22.3 Å². The van der Waals surface area contributed by atoms with E-state index in [9.17, 15) is 14.4 Å².